The minimum atomic E-state index is -0.590. The van der Waals surface area contributed by atoms with E-state index < -0.39 is 18.5 Å². The van der Waals surface area contributed by atoms with Crippen LogP contribution in [0.4, 0.5) is 0 Å². The Bertz CT molecular complexity index is 569. The van der Waals surface area contributed by atoms with E-state index in [0.29, 0.717) is 12.2 Å². The fourth-order valence-corrected chi connectivity index (χ4v) is 1.70. The number of hydrogen-bond donors (Lipinski definition) is 1. The van der Waals surface area contributed by atoms with E-state index in [1.54, 1.807) is 24.3 Å². The summed E-state index contributed by atoms with van der Waals surface area (Å²) in [5.41, 5.74) is 1.30. The Kier molecular flexibility index (Phi) is 7.91. The predicted molar refractivity (Wildman–Crippen MR) is 88.4 cm³/mol. The minimum absolute atomic E-state index is 0.0859. The van der Waals surface area contributed by atoms with Crippen LogP contribution < -0.4 is 5.32 Å². The SMILES string of the molecule is CNC(=O)CN(C)C(=O)COC(=O)c1ccc(COC(C)C)cc1. The summed E-state index contributed by atoms with van der Waals surface area (Å²) >= 11 is 0. The number of hydrogen-bond acceptors (Lipinski definition) is 5. The molecule has 0 heterocycles. The first-order chi connectivity index (χ1) is 11.3. The van der Waals surface area contributed by atoms with Crippen LogP contribution in [0.2, 0.25) is 0 Å². The van der Waals surface area contributed by atoms with Crippen molar-refractivity contribution in [2.45, 2.75) is 26.6 Å². The van der Waals surface area contributed by atoms with E-state index >= 15 is 0 Å². The molecule has 7 heteroatoms. The normalized spacial score (nSPS) is 10.4. The van der Waals surface area contributed by atoms with Gasteiger partial charge in [-0.3, -0.25) is 9.59 Å². The molecule has 0 aromatic heterocycles. The number of esters is 1. The Morgan fingerprint density at radius 1 is 1.17 bits per heavy atom. The predicted octanol–water partition coefficient (Wildman–Crippen LogP) is 0.973. The van der Waals surface area contributed by atoms with Gasteiger partial charge in [-0.25, -0.2) is 4.79 Å². The summed E-state index contributed by atoms with van der Waals surface area (Å²) in [4.78, 5) is 36.1. The molecule has 0 aliphatic heterocycles. The van der Waals surface area contributed by atoms with E-state index in [1.807, 2.05) is 13.8 Å². The van der Waals surface area contributed by atoms with Gasteiger partial charge in [-0.1, -0.05) is 12.1 Å². The number of amides is 2. The lowest BCUT2D eigenvalue weighted by Gasteiger charge is -2.16. The number of carbonyl (C=O) groups excluding carboxylic acids is 3. The first kappa shape index (κ1) is 19.6. The van der Waals surface area contributed by atoms with Crippen LogP contribution in [0.15, 0.2) is 24.3 Å². The summed E-state index contributed by atoms with van der Waals surface area (Å²) < 4.78 is 10.4. The monoisotopic (exact) mass is 336 g/mol. The third kappa shape index (κ3) is 6.78. The summed E-state index contributed by atoms with van der Waals surface area (Å²) in [5.74, 6) is -1.33. The van der Waals surface area contributed by atoms with Gasteiger partial charge in [-0.05, 0) is 31.5 Å². The Labute approximate surface area is 141 Å². The zero-order valence-electron chi connectivity index (χ0n) is 14.5. The molecule has 0 unspecified atom stereocenters. The highest BCUT2D eigenvalue weighted by atomic mass is 16.5. The molecule has 132 valence electrons. The van der Waals surface area contributed by atoms with Gasteiger partial charge in [-0.2, -0.15) is 0 Å². The summed E-state index contributed by atoms with van der Waals surface area (Å²) in [5, 5.41) is 2.41. The standard InChI is InChI=1S/C17H24N2O5/c1-12(2)23-10-13-5-7-14(8-6-13)17(22)24-11-16(21)19(4)9-15(20)18-3/h5-8,12H,9-11H2,1-4H3,(H,18,20). The van der Waals surface area contributed by atoms with Crippen molar-refractivity contribution >= 4 is 17.8 Å². The van der Waals surface area contributed by atoms with Crippen LogP contribution in [0.3, 0.4) is 0 Å². The molecule has 2 amide bonds. The van der Waals surface area contributed by atoms with Gasteiger partial charge < -0.3 is 19.7 Å². The summed E-state index contributed by atoms with van der Waals surface area (Å²) in [6.07, 6.45) is 0.132. The highest BCUT2D eigenvalue weighted by Gasteiger charge is 2.15. The molecule has 1 aromatic rings. The maximum atomic E-state index is 11.9. The first-order valence-corrected chi connectivity index (χ1v) is 7.65. The minimum Gasteiger partial charge on any atom is -0.452 e. The van der Waals surface area contributed by atoms with E-state index in [2.05, 4.69) is 5.32 Å². The van der Waals surface area contributed by atoms with Gasteiger partial charge in [-0.15, -0.1) is 0 Å². The average Bonchev–Trinajstić information content (AvgIpc) is 2.57. The van der Waals surface area contributed by atoms with Gasteiger partial charge >= 0.3 is 5.97 Å². The van der Waals surface area contributed by atoms with E-state index in [1.165, 1.54) is 19.0 Å². The van der Waals surface area contributed by atoms with Crippen molar-refractivity contribution in [1.29, 1.82) is 0 Å². The number of nitrogens with zero attached hydrogens (tertiary/aromatic N) is 1. The molecule has 0 spiro atoms. The number of benzene rings is 1. The highest BCUT2D eigenvalue weighted by Crippen LogP contribution is 2.08. The van der Waals surface area contributed by atoms with Crippen molar-refractivity contribution in [3.05, 3.63) is 35.4 Å². The molecule has 1 N–H and O–H groups in total. The van der Waals surface area contributed by atoms with E-state index in [9.17, 15) is 14.4 Å². The average molecular weight is 336 g/mol. The molecule has 0 fully saturated rings. The molecule has 0 atom stereocenters. The molecular weight excluding hydrogens is 312 g/mol. The Morgan fingerprint density at radius 3 is 2.33 bits per heavy atom. The third-order valence-corrected chi connectivity index (χ3v) is 3.19. The topological polar surface area (TPSA) is 84.9 Å². The summed E-state index contributed by atoms with van der Waals surface area (Å²) in [7, 11) is 2.95. The fourth-order valence-electron chi connectivity index (χ4n) is 1.70. The number of likely N-dealkylation sites (N-methyl/N-ethyl adjacent to an activating group) is 2. The van der Waals surface area contributed by atoms with Crippen LogP contribution in [0, 0.1) is 0 Å². The number of carbonyl (C=O) groups is 3. The molecule has 24 heavy (non-hydrogen) atoms. The molecule has 0 radical (unpaired) electrons. The Hall–Kier alpha value is -2.41. The van der Waals surface area contributed by atoms with Gasteiger partial charge in [0.1, 0.15) is 0 Å². The molecule has 0 aliphatic rings. The molecule has 7 nitrogen and oxygen atoms in total. The van der Waals surface area contributed by atoms with Crippen LogP contribution in [-0.2, 0) is 25.7 Å². The fraction of sp³-hybridized carbons (Fsp3) is 0.471. The number of nitrogens with one attached hydrogen (secondary N) is 1. The molecule has 1 rings (SSSR count). The summed E-state index contributed by atoms with van der Waals surface area (Å²) in [6.45, 7) is 3.87. The van der Waals surface area contributed by atoms with Crippen LogP contribution >= 0.6 is 0 Å². The number of rotatable bonds is 8. The number of ether oxygens (including phenoxy) is 2. The van der Waals surface area contributed by atoms with E-state index in [-0.39, 0.29) is 18.6 Å². The zero-order valence-corrected chi connectivity index (χ0v) is 14.5. The van der Waals surface area contributed by atoms with Gasteiger partial charge in [0.2, 0.25) is 5.91 Å². The molecule has 1 aromatic carbocycles. The molecular formula is C17H24N2O5. The van der Waals surface area contributed by atoms with Gasteiger partial charge in [0, 0.05) is 14.1 Å². The van der Waals surface area contributed by atoms with E-state index in [4.69, 9.17) is 9.47 Å². The Morgan fingerprint density at radius 2 is 1.79 bits per heavy atom. The second-order valence-electron chi connectivity index (χ2n) is 5.56. The van der Waals surface area contributed by atoms with Gasteiger partial charge in [0.25, 0.3) is 5.91 Å². The lowest BCUT2D eigenvalue weighted by atomic mass is 10.1. The van der Waals surface area contributed by atoms with Crippen molar-refractivity contribution in [3.8, 4) is 0 Å². The van der Waals surface area contributed by atoms with Crippen LogP contribution in [0.25, 0.3) is 0 Å². The smallest absolute Gasteiger partial charge is 0.338 e. The third-order valence-electron chi connectivity index (χ3n) is 3.19. The Balaban J connectivity index is 2.47. The van der Waals surface area contributed by atoms with Crippen molar-refractivity contribution in [2.75, 3.05) is 27.2 Å². The zero-order chi connectivity index (χ0) is 18.1. The van der Waals surface area contributed by atoms with Gasteiger partial charge in [0.15, 0.2) is 6.61 Å². The van der Waals surface area contributed by atoms with Crippen molar-refractivity contribution in [3.63, 3.8) is 0 Å². The van der Waals surface area contributed by atoms with Gasteiger partial charge in [0.05, 0.1) is 24.8 Å². The van der Waals surface area contributed by atoms with Crippen LogP contribution in [-0.4, -0.2) is 56.0 Å². The summed E-state index contributed by atoms with van der Waals surface area (Å²) in [6, 6.07) is 6.80. The maximum absolute atomic E-state index is 11.9. The lowest BCUT2D eigenvalue weighted by Crippen LogP contribution is -2.39. The highest BCUT2D eigenvalue weighted by molar-refractivity contribution is 5.92. The molecule has 0 saturated heterocycles. The van der Waals surface area contributed by atoms with Crippen LogP contribution in [0.5, 0.6) is 0 Å². The molecule has 0 saturated carbocycles. The van der Waals surface area contributed by atoms with Crippen molar-refractivity contribution in [1.82, 2.24) is 10.2 Å². The molecule has 0 aliphatic carbocycles. The maximum Gasteiger partial charge on any atom is 0.338 e. The van der Waals surface area contributed by atoms with E-state index in [0.717, 1.165) is 5.56 Å². The first-order valence-electron chi connectivity index (χ1n) is 7.65. The second-order valence-corrected chi connectivity index (χ2v) is 5.56. The lowest BCUT2D eigenvalue weighted by molar-refractivity contribution is -0.137. The molecule has 0 bridgehead atoms. The quantitative estimate of drug-likeness (QED) is 0.715. The van der Waals surface area contributed by atoms with Crippen molar-refractivity contribution < 1.29 is 23.9 Å². The second kappa shape index (κ2) is 9.67. The largest absolute Gasteiger partial charge is 0.452 e. The van der Waals surface area contributed by atoms with Crippen LogP contribution in [0.1, 0.15) is 29.8 Å². The van der Waals surface area contributed by atoms with Crippen molar-refractivity contribution in [2.24, 2.45) is 0 Å².